The molecule has 2 aromatic rings. The molecular formula is C18H19FN2O4S2. The van der Waals surface area contributed by atoms with Gasteiger partial charge in [-0.1, -0.05) is 30.3 Å². The number of halogens is 1. The van der Waals surface area contributed by atoms with E-state index in [1.54, 1.807) is 12.1 Å². The van der Waals surface area contributed by atoms with Crippen LogP contribution in [0.15, 0.2) is 64.9 Å². The molecule has 1 heterocycles. The maximum Gasteiger partial charge on any atom is 0.243 e. The van der Waals surface area contributed by atoms with E-state index in [9.17, 15) is 21.2 Å². The van der Waals surface area contributed by atoms with Gasteiger partial charge in [-0.3, -0.25) is 0 Å². The summed E-state index contributed by atoms with van der Waals surface area (Å²) in [6.07, 6.45) is 1.51. The van der Waals surface area contributed by atoms with Gasteiger partial charge >= 0.3 is 0 Å². The zero-order valence-electron chi connectivity index (χ0n) is 14.4. The van der Waals surface area contributed by atoms with Crippen LogP contribution in [-0.2, 0) is 20.0 Å². The Kier molecular flexibility index (Phi) is 5.75. The first-order valence-corrected chi connectivity index (χ1v) is 11.2. The number of sulfonamides is 2. The monoisotopic (exact) mass is 410 g/mol. The molecule has 1 fully saturated rings. The summed E-state index contributed by atoms with van der Waals surface area (Å²) < 4.78 is 65.6. The van der Waals surface area contributed by atoms with E-state index in [1.165, 1.54) is 26.8 Å². The van der Waals surface area contributed by atoms with Crippen LogP contribution >= 0.6 is 0 Å². The highest BCUT2D eigenvalue weighted by atomic mass is 32.2. The van der Waals surface area contributed by atoms with E-state index in [0.717, 1.165) is 23.1 Å². The van der Waals surface area contributed by atoms with E-state index in [4.69, 9.17) is 0 Å². The third kappa shape index (κ3) is 4.62. The minimum absolute atomic E-state index is 0.0100. The molecule has 6 nitrogen and oxygen atoms in total. The second kappa shape index (κ2) is 7.89. The third-order valence-electron chi connectivity index (χ3n) is 4.24. The van der Waals surface area contributed by atoms with Gasteiger partial charge in [0.2, 0.25) is 20.0 Å². The average molecular weight is 410 g/mol. The van der Waals surface area contributed by atoms with Gasteiger partial charge in [-0.25, -0.2) is 21.2 Å². The van der Waals surface area contributed by atoms with Crippen molar-refractivity contribution < 1.29 is 21.2 Å². The van der Waals surface area contributed by atoms with Crippen LogP contribution in [0.1, 0.15) is 5.56 Å². The van der Waals surface area contributed by atoms with Crippen LogP contribution in [0.2, 0.25) is 0 Å². The van der Waals surface area contributed by atoms with Crippen LogP contribution in [0.4, 0.5) is 4.39 Å². The third-order valence-corrected chi connectivity index (χ3v) is 7.72. The lowest BCUT2D eigenvalue weighted by Crippen LogP contribution is -2.49. The Morgan fingerprint density at radius 2 is 1.33 bits per heavy atom. The first-order chi connectivity index (χ1) is 12.8. The predicted octanol–water partition coefficient (Wildman–Crippen LogP) is 2.13. The normalized spacial score (nSPS) is 17.4. The summed E-state index contributed by atoms with van der Waals surface area (Å²) in [4.78, 5) is -0.0100. The molecule has 1 aliphatic rings. The second-order valence-corrected chi connectivity index (χ2v) is 9.77. The van der Waals surface area contributed by atoms with Gasteiger partial charge in [0.05, 0.1) is 4.90 Å². The van der Waals surface area contributed by atoms with E-state index >= 15 is 0 Å². The van der Waals surface area contributed by atoms with Crippen LogP contribution in [0.5, 0.6) is 0 Å². The summed E-state index contributed by atoms with van der Waals surface area (Å²) in [5.74, 6) is -0.518. The number of benzene rings is 2. The molecule has 0 atom stereocenters. The summed E-state index contributed by atoms with van der Waals surface area (Å²) in [6, 6.07) is 13.6. The molecule has 0 saturated carbocycles. The topological polar surface area (TPSA) is 74.8 Å². The Bertz CT molecular complexity index is 1010. The van der Waals surface area contributed by atoms with E-state index in [1.807, 2.05) is 18.2 Å². The predicted molar refractivity (Wildman–Crippen MR) is 101 cm³/mol. The van der Waals surface area contributed by atoms with Crippen LogP contribution in [0.3, 0.4) is 0 Å². The SMILES string of the molecule is O=S(=O)(/C=C/c1ccccc1)N1CCN(S(=O)(=O)c2ccc(F)cc2)CC1. The van der Waals surface area contributed by atoms with E-state index in [0.29, 0.717) is 0 Å². The molecule has 0 spiro atoms. The minimum atomic E-state index is -3.78. The van der Waals surface area contributed by atoms with Crippen molar-refractivity contribution in [2.24, 2.45) is 0 Å². The highest BCUT2D eigenvalue weighted by molar-refractivity contribution is 7.92. The van der Waals surface area contributed by atoms with Crippen molar-refractivity contribution in [3.63, 3.8) is 0 Å². The largest absolute Gasteiger partial charge is 0.243 e. The van der Waals surface area contributed by atoms with Crippen LogP contribution in [0.25, 0.3) is 6.08 Å². The Morgan fingerprint density at radius 3 is 1.93 bits per heavy atom. The summed E-state index contributed by atoms with van der Waals surface area (Å²) in [7, 11) is -7.41. The fraction of sp³-hybridized carbons (Fsp3) is 0.222. The summed E-state index contributed by atoms with van der Waals surface area (Å²) in [5.41, 5.74) is 0.763. The maximum absolute atomic E-state index is 13.0. The quantitative estimate of drug-likeness (QED) is 0.757. The molecule has 144 valence electrons. The lowest BCUT2D eigenvalue weighted by Gasteiger charge is -2.32. The van der Waals surface area contributed by atoms with Gasteiger partial charge in [-0.2, -0.15) is 8.61 Å². The van der Waals surface area contributed by atoms with Crippen molar-refractivity contribution in [2.45, 2.75) is 4.90 Å². The molecule has 0 radical (unpaired) electrons. The summed E-state index contributed by atoms with van der Waals surface area (Å²) in [5, 5.41) is 1.13. The van der Waals surface area contributed by atoms with Gasteiger partial charge in [-0.05, 0) is 35.9 Å². The number of hydrogen-bond acceptors (Lipinski definition) is 4. The molecule has 0 bridgehead atoms. The van der Waals surface area contributed by atoms with Crippen LogP contribution in [0, 0.1) is 5.82 Å². The molecule has 1 saturated heterocycles. The Labute approximate surface area is 158 Å². The molecule has 27 heavy (non-hydrogen) atoms. The number of hydrogen-bond donors (Lipinski definition) is 0. The zero-order valence-corrected chi connectivity index (χ0v) is 16.0. The van der Waals surface area contributed by atoms with Crippen LogP contribution < -0.4 is 0 Å². The van der Waals surface area contributed by atoms with Gasteiger partial charge in [0.15, 0.2) is 0 Å². The standard InChI is InChI=1S/C18H19FN2O4S2/c19-17-6-8-18(9-7-17)27(24,25)21-13-11-20(12-14-21)26(22,23)15-10-16-4-2-1-3-5-16/h1-10,15H,11-14H2/b15-10+. The molecule has 0 N–H and O–H groups in total. The zero-order chi connectivity index (χ0) is 19.5. The Hall–Kier alpha value is -2.07. The molecule has 2 aromatic carbocycles. The Balaban J connectivity index is 1.67. The molecule has 1 aliphatic heterocycles. The fourth-order valence-corrected chi connectivity index (χ4v) is 5.33. The molecule has 0 unspecified atom stereocenters. The van der Waals surface area contributed by atoms with Gasteiger partial charge in [-0.15, -0.1) is 0 Å². The highest BCUT2D eigenvalue weighted by Gasteiger charge is 2.32. The van der Waals surface area contributed by atoms with E-state index in [2.05, 4.69) is 0 Å². The smallest absolute Gasteiger partial charge is 0.208 e. The van der Waals surface area contributed by atoms with Crippen molar-refractivity contribution in [1.82, 2.24) is 8.61 Å². The van der Waals surface area contributed by atoms with E-state index < -0.39 is 25.9 Å². The van der Waals surface area contributed by atoms with Gasteiger partial charge < -0.3 is 0 Å². The maximum atomic E-state index is 13.0. The van der Waals surface area contributed by atoms with Gasteiger partial charge in [0.25, 0.3) is 0 Å². The van der Waals surface area contributed by atoms with Crippen molar-refractivity contribution in [3.8, 4) is 0 Å². The van der Waals surface area contributed by atoms with Crippen molar-refractivity contribution in [3.05, 3.63) is 71.4 Å². The first kappa shape index (κ1) is 19.7. The molecule has 0 aliphatic carbocycles. The summed E-state index contributed by atoms with van der Waals surface area (Å²) >= 11 is 0. The molecule has 9 heteroatoms. The number of nitrogens with zero attached hydrogens (tertiary/aromatic N) is 2. The lowest BCUT2D eigenvalue weighted by atomic mass is 10.2. The van der Waals surface area contributed by atoms with Gasteiger partial charge in [0, 0.05) is 31.6 Å². The molecular weight excluding hydrogens is 391 g/mol. The number of piperazine rings is 1. The second-order valence-electron chi connectivity index (χ2n) is 6.02. The molecule has 3 rings (SSSR count). The van der Waals surface area contributed by atoms with Crippen molar-refractivity contribution in [2.75, 3.05) is 26.2 Å². The molecule has 0 amide bonds. The Morgan fingerprint density at radius 1 is 0.778 bits per heavy atom. The summed E-state index contributed by atoms with van der Waals surface area (Å²) in [6.45, 7) is 0.194. The first-order valence-electron chi connectivity index (χ1n) is 8.28. The van der Waals surface area contributed by atoms with E-state index in [-0.39, 0.29) is 31.1 Å². The average Bonchev–Trinajstić information content (AvgIpc) is 2.68. The highest BCUT2D eigenvalue weighted by Crippen LogP contribution is 2.19. The number of rotatable bonds is 5. The molecule has 0 aromatic heterocycles. The van der Waals surface area contributed by atoms with Crippen LogP contribution in [-0.4, -0.2) is 51.6 Å². The minimum Gasteiger partial charge on any atom is -0.208 e. The fourth-order valence-electron chi connectivity index (χ4n) is 2.73. The lowest BCUT2D eigenvalue weighted by molar-refractivity contribution is 0.275. The van der Waals surface area contributed by atoms with Crippen molar-refractivity contribution >= 4 is 26.1 Å². The van der Waals surface area contributed by atoms with Gasteiger partial charge in [0.1, 0.15) is 5.82 Å². The van der Waals surface area contributed by atoms with Crippen molar-refractivity contribution in [1.29, 1.82) is 0 Å².